The van der Waals surface area contributed by atoms with Crippen LogP contribution in [0, 0.1) is 6.92 Å². The van der Waals surface area contributed by atoms with Gasteiger partial charge in [-0.05, 0) is 0 Å². The van der Waals surface area contributed by atoms with Crippen molar-refractivity contribution in [1.82, 2.24) is 4.40 Å². The van der Waals surface area contributed by atoms with E-state index in [4.69, 9.17) is 0 Å². The zero-order valence-electron chi connectivity index (χ0n) is 20.2. The number of hydrogen-bond acceptors (Lipinski definition) is 0. The molecule has 0 amide bonds. The van der Waals surface area contributed by atoms with E-state index < -0.39 is 13.3 Å². The van der Waals surface area contributed by atoms with Gasteiger partial charge in [-0.2, -0.15) is 0 Å². The molecule has 3 heterocycles. The predicted molar refractivity (Wildman–Crippen MR) is 142 cm³/mol. The molecular formula is C29H31GeN2+. The first-order chi connectivity index (χ1) is 15.2. The molecule has 0 saturated heterocycles. The van der Waals surface area contributed by atoms with Gasteiger partial charge in [-0.3, -0.25) is 0 Å². The number of pyridine rings is 2. The van der Waals surface area contributed by atoms with Gasteiger partial charge in [0.1, 0.15) is 0 Å². The van der Waals surface area contributed by atoms with Crippen LogP contribution in [0.1, 0.15) is 30.9 Å². The summed E-state index contributed by atoms with van der Waals surface area (Å²) in [6.07, 6.45) is 2.24. The third-order valence-corrected chi connectivity index (χ3v) is 11.6. The molecule has 0 spiro atoms. The number of nitrogens with zero attached hydrogens (tertiary/aromatic N) is 2. The van der Waals surface area contributed by atoms with Crippen molar-refractivity contribution in [2.24, 2.45) is 7.05 Å². The fraction of sp³-hybridized carbons (Fsp3) is 0.276. The van der Waals surface area contributed by atoms with E-state index in [1.165, 1.54) is 60.1 Å². The summed E-state index contributed by atoms with van der Waals surface area (Å²) in [5.74, 6) is 8.01. The Labute approximate surface area is 192 Å². The van der Waals surface area contributed by atoms with E-state index in [1.807, 2.05) is 0 Å². The Bertz CT molecular complexity index is 1700. The normalized spacial score (nSPS) is 13.1. The quantitative estimate of drug-likeness (QED) is 0.112. The van der Waals surface area contributed by atoms with Crippen LogP contribution in [0.3, 0.4) is 0 Å². The molecule has 0 saturated carbocycles. The van der Waals surface area contributed by atoms with Gasteiger partial charge in [0, 0.05) is 0 Å². The van der Waals surface area contributed by atoms with Crippen molar-refractivity contribution in [2.45, 2.75) is 44.0 Å². The van der Waals surface area contributed by atoms with Gasteiger partial charge in [-0.15, -0.1) is 0 Å². The topological polar surface area (TPSA) is 8.29 Å². The molecule has 6 aromatic rings. The van der Waals surface area contributed by atoms with Crippen molar-refractivity contribution in [3.8, 4) is 0 Å². The van der Waals surface area contributed by atoms with Crippen molar-refractivity contribution in [3.05, 3.63) is 65.9 Å². The summed E-state index contributed by atoms with van der Waals surface area (Å²) < 4.78 is 6.47. The third-order valence-electron chi connectivity index (χ3n) is 7.39. The van der Waals surface area contributed by atoms with Gasteiger partial charge in [0.25, 0.3) is 0 Å². The first kappa shape index (κ1) is 20.1. The second kappa shape index (κ2) is 6.48. The van der Waals surface area contributed by atoms with Gasteiger partial charge in [0.15, 0.2) is 0 Å². The third kappa shape index (κ3) is 2.56. The summed E-state index contributed by atoms with van der Waals surface area (Å²) in [6.45, 7) is 6.83. The van der Waals surface area contributed by atoms with E-state index in [-0.39, 0.29) is 0 Å². The van der Waals surface area contributed by atoms with E-state index in [0.29, 0.717) is 5.92 Å². The summed E-state index contributed by atoms with van der Waals surface area (Å²) in [4.78, 5) is 0. The minimum absolute atomic E-state index is 0.520. The molecule has 0 fully saturated rings. The van der Waals surface area contributed by atoms with Crippen molar-refractivity contribution >= 4 is 66.7 Å². The molecule has 2 nitrogen and oxygen atoms in total. The predicted octanol–water partition coefficient (Wildman–Crippen LogP) is 6.79. The van der Waals surface area contributed by atoms with E-state index in [1.54, 1.807) is 4.40 Å². The first-order valence-corrected chi connectivity index (χ1v) is 19.1. The summed E-state index contributed by atoms with van der Waals surface area (Å²) >= 11 is -2.03. The van der Waals surface area contributed by atoms with Gasteiger partial charge >= 0.3 is 192 Å². The fourth-order valence-electron chi connectivity index (χ4n) is 5.53. The minimum atomic E-state index is -2.03. The number of rotatable bonds is 2. The van der Waals surface area contributed by atoms with Gasteiger partial charge in [0.05, 0.1) is 0 Å². The number of aromatic nitrogens is 2. The molecule has 0 aliphatic heterocycles. The van der Waals surface area contributed by atoms with Crippen LogP contribution >= 0.6 is 0 Å². The molecule has 32 heavy (non-hydrogen) atoms. The monoisotopic (exact) mass is 481 g/mol. The second-order valence-electron chi connectivity index (χ2n) is 10.9. The molecule has 0 unspecified atom stereocenters. The Morgan fingerprint density at radius 2 is 1.62 bits per heavy atom. The Morgan fingerprint density at radius 3 is 2.34 bits per heavy atom. The summed E-state index contributed by atoms with van der Waals surface area (Å²) in [5, 5.41) is 6.88. The number of aryl methyl sites for hydroxylation is 2. The van der Waals surface area contributed by atoms with E-state index in [2.05, 4.69) is 109 Å². The van der Waals surface area contributed by atoms with E-state index in [0.717, 1.165) is 0 Å². The van der Waals surface area contributed by atoms with Crippen LogP contribution < -0.4 is 8.96 Å². The molecule has 0 bridgehead atoms. The average Bonchev–Trinajstić information content (AvgIpc) is 3.07. The molecule has 0 N–H and O–H groups in total. The van der Waals surface area contributed by atoms with Gasteiger partial charge < -0.3 is 0 Å². The molecule has 0 atom stereocenters. The van der Waals surface area contributed by atoms with Crippen molar-refractivity contribution in [1.29, 1.82) is 0 Å². The Kier molecular flexibility index (Phi) is 4.06. The summed E-state index contributed by atoms with van der Waals surface area (Å²) in [7, 11) is 2.20. The Morgan fingerprint density at radius 1 is 0.844 bits per heavy atom. The van der Waals surface area contributed by atoms with Gasteiger partial charge in [0.2, 0.25) is 0 Å². The van der Waals surface area contributed by atoms with E-state index >= 15 is 0 Å². The maximum absolute atomic E-state index is 2.57. The van der Waals surface area contributed by atoms with Crippen LogP contribution in [0.15, 0.2) is 54.7 Å². The molecule has 3 heteroatoms. The van der Waals surface area contributed by atoms with Crippen LogP contribution in [0.4, 0.5) is 0 Å². The Hall–Kier alpha value is -2.59. The SMILES string of the molecule is Cc1ccc2c3cc(C(C)C)ccc3n3c4c[c]([Ge]([CH3])([CH3])[CH3])cc5cc[n+](C)c(c1c23)c54. The van der Waals surface area contributed by atoms with Crippen LogP contribution in [-0.2, 0) is 7.05 Å². The molecule has 3 aromatic heterocycles. The zero-order chi connectivity index (χ0) is 22.5. The zero-order valence-corrected chi connectivity index (χ0v) is 22.3. The van der Waals surface area contributed by atoms with E-state index in [9.17, 15) is 0 Å². The van der Waals surface area contributed by atoms with Crippen LogP contribution in [0.5, 0.6) is 0 Å². The van der Waals surface area contributed by atoms with Gasteiger partial charge in [-0.25, -0.2) is 0 Å². The molecule has 0 aliphatic rings. The number of benzene rings is 3. The Balaban J connectivity index is 2.00. The van der Waals surface area contributed by atoms with Crippen LogP contribution in [0.2, 0.25) is 17.3 Å². The average molecular weight is 480 g/mol. The van der Waals surface area contributed by atoms with Crippen molar-refractivity contribution in [3.63, 3.8) is 0 Å². The van der Waals surface area contributed by atoms with Crippen molar-refractivity contribution < 1.29 is 4.57 Å². The molecule has 6 rings (SSSR count). The molecular weight excluding hydrogens is 449 g/mol. The fourth-order valence-corrected chi connectivity index (χ4v) is 7.96. The van der Waals surface area contributed by atoms with Crippen LogP contribution in [0.25, 0.3) is 49.0 Å². The molecule has 0 aliphatic carbocycles. The van der Waals surface area contributed by atoms with Crippen molar-refractivity contribution in [2.75, 3.05) is 0 Å². The second-order valence-corrected chi connectivity index (χ2v) is 21.6. The standard InChI is InChI=1S/C29H31GeN2/c1-17(2)19-9-11-24-23(15-19)22-10-8-18(3)26-28(22)32(24)25-16-21(30(4,5)6)14-20-12-13-31(7)29(26)27(20)25/h8-17H,1-7H3/q+1. The van der Waals surface area contributed by atoms with Crippen LogP contribution in [-0.4, -0.2) is 17.7 Å². The number of fused-ring (bicyclic) bond motifs is 5. The molecule has 160 valence electrons. The summed E-state index contributed by atoms with van der Waals surface area (Å²) in [6, 6.07) is 19.1. The maximum atomic E-state index is 2.57. The molecule has 0 radical (unpaired) electrons. The summed E-state index contributed by atoms with van der Waals surface area (Å²) in [5.41, 5.74) is 8.16. The van der Waals surface area contributed by atoms with Gasteiger partial charge in [-0.1, -0.05) is 0 Å². The first-order valence-electron chi connectivity index (χ1n) is 11.7. The molecule has 3 aromatic carbocycles. The number of hydrogen-bond donors (Lipinski definition) is 0.